The van der Waals surface area contributed by atoms with Gasteiger partial charge < -0.3 is 15.4 Å². The predicted octanol–water partition coefficient (Wildman–Crippen LogP) is 2.47. The van der Waals surface area contributed by atoms with Crippen molar-refractivity contribution < 1.29 is 13.7 Å². The highest BCUT2D eigenvalue weighted by Gasteiger charge is 2.42. The molecule has 1 amide bonds. The molecule has 0 aromatic rings. The molecule has 1 aliphatic heterocycles. The van der Waals surface area contributed by atoms with E-state index in [-0.39, 0.29) is 34.2 Å². The standard InChI is InChI=1S/C16H32N2O3S/c1-11-9-17-10-12(18-14(19)20-15(2,3)4)13(11)21-22(8)16(5,6)7/h11-13,17H,9-10H2,1-8H3/p+1/t11-,12+,13+,22?/m0/s1. The van der Waals surface area contributed by atoms with E-state index in [0.717, 1.165) is 6.54 Å². The van der Waals surface area contributed by atoms with Gasteiger partial charge >= 0.3 is 6.09 Å². The van der Waals surface area contributed by atoms with E-state index < -0.39 is 5.60 Å². The van der Waals surface area contributed by atoms with Crippen LogP contribution in [0.5, 0.6) is 0 Å². The van der Waals surface area contributed by atoms with Gasteiger partial charge in [0.1, 0.15) is 29.1 Å². The van der Waals surface area contributed by atoms with Gasteiger partial charge in [-0.2, -0.15) is 4.18 Å². The van der Waals surface area contributed by atoms with Crippen molar-refractivity contribution >= 4 is 17.3 Å². The minimum Gasteiger partial charge on any atom is -0.444 e. The number of amides is 1. The summed E-state index contributed by atoms with van der Waals surface area (Å²) >= 11 is -0.180. The topological polar surface area (TPSA) is 59.6 Å². The molecule has 4 atom stereocenters. The Labute approximate surface area is 138 Å². The van der Waals surface area contributed by atoms with Crippen molar-refractivity contribution in [2.45, 2.75) is 71.0 Å². The van der Waals surface area contributed by atoms with Crippen molar-refractivity contribution in [1.29, 1.82) is 0 Å². The number of carbonyl (C=O) groups is 1. The van der Waals surface area contributed by atoms with Crippen molar-refractivity contribution in [3.8, 4) is 0 Å². The fraction of sp³-hybridized carbons (Fsp3) is 0.938. The fourth-order valence-electron chi connectivity index (χ4n) is 2.16. The van der Waals surface area contributed by atoms with Crippen LogP contribution in [0, 0.1) is 5.92 Å². The summed E-state index contributed by atoms with van der Waals surface area (Å²) in [6.07, 6.45) is 1.74. The summed E-state index contributed by atoms with van der Waals surface area (Å²) in [4.78, 5) is 12.0. The highest BCUT2D eigenvalue weighted by atomic mass is 32.2. The average Bonchev–Trinajstić information content (AvgIpc) is 2.29. The first-order valence-electron chi connectivity index (χ1n) is 7.93. The van der Waals surface area contributed by atoms with Crippen LogP contribution < -0.4 is 10.6 Å². The highest BCUT2D eigenvalue weighted by molar-refractivity contribution is 7.93. The Kier molecular flexibility index (Phi) is 6.59. The summed E-state index contributed by atoms with van der Waals surface area (Å²) in [7, 11) is 0. The van der Waals surface area contributed by atoms with E-state index in [2.05, 4.69) is 44.6 Å². The molecule has 1 aliphatic rings. The van der Waals surface area contributed by atoms with Gasteiger partial charge in [0.05, 0.1) is 6.04 Å². The van der Waals surface area contributed by atoms with Crippen LogP contribution in [-0.2, 0) is 20.1 Å². The maximum atomic E-state index is 12.0. The third-order valence-electron chi connectivity index (χ3n) is 3.61. The van der Waals surface area contributed by atoms with E-state index in [0.29, 0.717) is 12.5 Å². The van der Waals surface area contributed by atoms with E-state index in [1.54, 1.807) is 0 Å². The second kappa shape index (κ2) is 7.41. The number of carbonyl (C=O) groups excluding carboxylic acids is 1. The van der Waals surface area contributed by atoms with Crippen LogP contribution in [0.1, 0.15) is 48.5 Å². The molecule has 0 aliphatic carbocycles. The van der Waals surface area contributed by atoms with Gasteiger partial charge in [0.15, 0.2) is 4.75 Å². The van der Waals surface area contributed by atoms with Crippen molar-refractivity contribution in [2.24, 2.45) is 5.92 Å². The maximum Gasteiger partial charge on any atom is 0.408 e. The van der Waals surface area contributed by atoms with Crippen LogP contribution in [0.4, 0.5) is 4.79 Å². The van der Waals surface area contributed by atoms with Crippen molar-refractivity contribution in [1.82, 2.24) is 10.6 Å². The first-order chi connectivity index (χ1) is 9.90. The number of rotatable bonds is 3. The van der Waals surface area contributed by atoms with Gasteiger partial charge in [-0.05, 0) is 41.5 Å². The molecule has 0 spiro atoms. The largest absolute Gasteiger partial charge is 0.444 e. The second-order valence-electron chi connectivity index (χ2n) is 8.02. The third kappa shape index (κ3) is 6.34. The van der Waals surface area contributed by atoms with Gasteiger partial charge in [-0.1, -0.05) is 6.92 Å². The van der Waals surface area contributed by atoms with Crippen LogP contribution in [0.3, 0.4) is 0 Å². The van der Waals surface area contributed by atoms with Crippen molar-refractivity contribution in [3.63, 3.8) is 0 Å². The molecule has 1 saturated heterocycles. The van der Waals surface area contributed by atoms with Crippen molar-refractivity contribution in [2.75, 3.05) is 19.3 Å². The molecule has 0 radical (unpaired) electrons. The molecule has 2 N–H and O–H groups in total. The zero-order valence-corrected chi connectivity index (χ0v) is 16.1. The number of hydrogen-bond donors (Lipinski definition) is 2. The van der Waals surface area contributed by atoms with E-state index in [9.17, 15) is 4.79 Å². The molecule has 1 fully saturated rings. The number of piperidine rings is 1. The molecule has 22 heavy (non-hydrogen) atoms. The monoisotopic (exact) mass is 333 g/mol. The molecule has 130 valence electrons. The minimum atomic E-state index is -0.491. The smallest absolute Gasteiger partial charge is 0.408 e. The number of hydrogen-bond acceptors (Lipinski definition) is 4. The number of ether oxygens (including phenoxy) is 1. The van der Waals surface area contributed by atoms with Crippen molar-refractivity contribution in [3.05, 3.63) is 0 Å². The van der Waals surface area contributed by atoms with E-state index in [4.69, 9.17) is 8.92 Å². The molecule has 6 heteroatoms. The van der Waals surface area contributed by atoms with Crippen LogP contribution in [0.2, 0.25) is 0 Å². The SMILES string of the molecule is C[C@H]1CNC[C@@H](NC(=O)OC(C)(C)C)[C@@H]1O[S+](C)C(C)(C)C. The summed E-state index contributed by atoms with van der Waals surface area (Å²) in [5, 5.41) is 6.32. The number of nitrogens with one attached hydrogen (secondary N) is 2. The first kappa shape index (κ1) is 19.6. The Balaban J connectivity index is 2.71. The minimum absolute atomic E-state index is 0.00123. The molecule has 1 unspecified atom stereocenters. The Morgan fingerprint density at radius 1 is 1.18 bits per heavy atom. The van der Waals surface area contributed by atoms with Gasteiger partial charge in [0.2, 0.25) is 0 Å². The zero-order chi connectivity index (χ0) is 17.1. The van der Waals surface area contributed by atoms with Gasteiger partial charge in [-0.3, -0.25) is 0 Å². The molecule has 0 aromatic heterocycles. The molecule has 0 aromatic carbocycles. The lowest BCUT2D eigenvalue weighted by Crippen LogP contribution is -2.59. The lowest BCUT2D eigenvalue weighted by Gasteiger charge is -2.36. The quantitative estimate of drug-likeness (QED) is 0.779. The molecular weight excluding hydrogens is 300 g/mol. The first-order valence-corrected chi connectivity index (χ1v) is 9.49. The molecule has 1 rings (SSSR count). The normalized spacial score (nSPS) is 28.1. The molecular formula is C16H33N2O3S+. The molecule has 0 bridgehead atoms. The van der Waals surface area contributed by atoms with Gasteiger partial charge in [-0.25, -0.2) is 4.79 Å². The fourth-order valence-corrected chi connectivity index (χ4v) is 3.11. The summed E-state index contributed by atoms with van der Waals surface area (Å²) in [5.74, 6) is 0.339. The lowest BCUT2D eigenvalue weighted by atomic mass is 9.94. The Hall–Kier alpha value is -0.460. The lowest BCUT2D eigenvalue weighted by molar-refractivity contribution is 0.0369. The van der Waals surface area contributed by atoms with Crippen LogP contribution in [-0.4, -0.2) is 47.9 Å². The average molecular weight is 334 g/mol. The van der Waals surface area contributed by atoms with Crippen LogP contribution >= 0.6 is 0 Å². The van der Waals surface area contributed by atoms with Gasteiger partial charge in [0, 0.05) is 19.0 Å². The summed E-state index contributed by atoms with van der Waals surface area (Å²) in [6, 6.07) is -0.0732. The zero-order valence-electron chi connectivity index (χ0n) is 15.3. The predicted molar refractivity (Wildman–Crippen MR) is 93.1 cm³/mol. The van der Waals surface area contributed by atoms with Crippen LogP contribution in [0.15, 0.2) is 0 Å². The molecule has 1 heterocycles. The molecule has 0 saturated carbocycles. The van der Waals surface area contributed by atoms with Gasteiger partial charge in [-0.15, -0.1) is 0 Å². The molecule has 5 nitrogen and oxygen atoms in total. The summed E-state index contributed by atoms with van der Waals surface area (Å²) in [6.45, 7) is 15.9. The number of alkyl carbamates (subject to hydrolysis) is 1. The summed E-state index contributed by atoms with van der Waals surface area (Å²) in [5.41, 5.74) is -0.491. The second-order valence-corrected chi connectivity index (χ2v) is 10.3. The van der Waals surface area contributed by atoms with E-state index >= 15 is 0 Å². The summed E-state index contributed by atoms with van der Waals surface area (Å²) < 4.78 is 11.8. The van der Waals surface area contributed by atoms with E-state index in [1.165, 1.54) is 0 Å². The highest BCUT2D eigenvalue weighted by Crippen LogP contribution is 2.25. The maximum absolute atomic E-state index is 12.0. The van der Waals surface area contributed by atoms with Gasteiger partial charge in [0.25, 0.3) is 0 Å². The van der Waals surface area contributed by atoms with E-state index in [1.807, 2.05) is 20.8 Å². The van der Waals surface area contributed by atoms with Crippen LogP contribution in [0.25, 0.3) is 0 Å². The third-order valence-corrected chi connectivity index (χ3v) is 5.84. The Morgan fingerprint density at radius 3 is 2.27 bits per heavy atom. The Bertz CT molecular complexity index is 377. The Morgan fingerprint density at radius 2 is 1.77 bits per heavy atom.